The lowest BCUT2D eigenvalue weighted by atomic mass is 10.0. The monoisotopic (exact) mass is 377 g/mol. The zero-order chi connectivity index (χ0) is 19.4. The van der Waals surface area contributed by atoms with Gasteiger partial charge in [-0.15, -0.1) is 0 Å². The van der Waals surface area contributed by atoms with E-state index in [1.54, 1.807) is 19.2 Å². The maximum absolute atomic E-state index is 12.3. The van der Waals surface area contributed by atoms with Gasteiger partial charge in [-0.1, -0.05) is 30.0 Å². The molecule has 0 fully saturated rings. The number of hydrogen-bond donors (Lipinski definition) is 1. The molecule has 0 saturated heterocycles. The maximum Gasteiger partial charge on any atom is 0.234 e. The number of nitrogens with zero attached hydrogens (tertiary/aromatic N) is 2. The summed E-state index contributed by atoms with van der Waals surface area (Å²) < 4.78 is 5.16. The summed E-state index contributed by atoms with van der Waals surface area (Å²) in [5.41, 5.74) is 4.13. The summed E-state index contributed by atoms with van der Waals surface area (Å²) in [5, 5.41) is 13.8. The number of anilines is 1. The third kappa shape index (κ3) is 4.21. The second-order valence-corrected chi connectivity index (χ2v) is 7.08. The normalized spacial score (nSPS) is 10.4. The Kier molecular flexibility index (Phi) is 5.63. The molecule has 0 aliphatic rings. The van der Waals surface area contributed by atoms with Crippen LogP contribution < -0.4 is 10.1 Å². The van der Waals surface area contributed by atoms with E-state index in [0.717, 1.165) is 22.0 Å². The van der Waals surface area contributed by atoms with Crippen LogP contribution in [0.3, 0.4) is 0 Å². The molecule has 5 nitrogen and oxygen atoms in total. The van der Waals surface area contributed by atoms with Gasteiger partial charge in [0.1, 0.15) is 16.8 Å². The molecule has 3 rings (SSSR count). The smallest absolute Gasteiger partial charge is 0.234 e. The summed E-state index contributed by atoms with van der Waals surface area (Å²) in [4.78, 5) is 16.9. The van der Waals surface area contributed by atoms with Gasteiger partial charge in [0.2, 0.25) is 5.91 Å². The van der Waals surface area contributed by atoms with Crippen molar-refractivity contribution >= 4 is 34.3 Å². The molecule has 0 atom stereocenters. The van der Waals surface area contributed by atoms with Crippen molar-refractivity contribution in [3.63, 3.8) is 0 Å². The molecule has 1 heterocycles. The zero-order valence-electron chi connectivity index (χ0n) is 15.4. The van der Waals surface area contributed by atoms with Gasteiger partial charge in [0.25, 0.3) is 0 Å². The summed E-state index contributed by atoms with van der Waals surface area (Å²) in [6, 6.07) is 15.3. The topological polar surface area (TPSA) is 75.0 Å². The first kappa shape index (κ1) is 18.7. The molecule has 0 bridgehead atoms. The predicted octanol–water partition coefficient (Wildman–Crippen LogP) is 4.46. The number of aromatic nitrogens is 1. The Morgan fingerprint density at radius 1 is 1.22 bits per heavy atom. The minimum absolute atomic E-state index is 0.162. The van der Waals surface area contributed by atoms with E-state index in [1.165, 1.54) is 11.8 Å². The highest BCUT2D eigenvalue weighted by Gasteiger charge is 2.13. The Labute approximate surface area is 162 Å². The number of amides is 1. The van der Waals surface area contributed by atoms with E-state index < -0.39 is 0 Å². The van der Waals surface area contributed by atoms with E-state index in [0.29, 0.717) is 22.0 Å². The van der Waals surface area contributed by atoms with Crippen LogP contribution >= 0.6 is 11.8 Å². The molecule has 1 aromatic heterocycles. The number of fused-ring (bicyclic) bond motifs is 1. The molecule has 0 aliphatic carbocycles. The van der Waals surface area contributed by atoms with Gasteiger partial charge < -0.3 is 10.1 Å². The lowest BCUT2D eigenvalue weighted by Crippen LogP contribution is -2.14. The first-order chi connectivity index (χ1) is 13.0. The molecule has 0 unspecified atom stereocenters. The van der Waals surface area contributed by atoms with Gasteiger partial charge in [-0.2, -0.15) is 5.26 Å². The lowest BCUT2D eigenvalue weighted by Gasteiger charge is -2.10. The van der Waals surface area contributed by atoms with Crippen molar-refractivity contribution in [1.29, 1.82) is 5.26 Å². The average molecular weight is 377 g/mol. The second-order valence-electron chi connectivity index (χ2n) is 6.12. The van der Waals surface area contributed by atoms with Gasteiger partial charge in [-0.3, -0.25) is 4.79 Å². The predicted molar refractivity (Wildman–Crippen MR) is 108 cm³/mol. The van der Waals surface area contributed by atoms with Crippen molar-refractivity contribution in [3.8, 4) is 11.8 Å². The van der Waals surface area contributed by atoms with Crippen LogP contribution in [-0.4, -0.2) is 23.8 Å². The number of carbonyl (C=O) groups excluding carboxylic acids is 1. The fourth-order valence-electron chi connectivity index (χ4n) is 2.74. The number of thioether (sulfide) groups is 1. The fourth-order valence-corrected chi connectivity index (χ4v) is 3.49. The Bertz CT molecular complexity index is 1060. The zero-order valence-corrected chi connectivity index (χ0v) is 16.2. The summed E-state index contributed by atoms with van der Waals surface area (Å²) in [7, 11) is 1.58. The summed E-state index contributed by atoms with van der Waals surface area (Å²) >= 11 is 1.26. The molecule has 0 saturated carbocycles. The van der Waals surface area contributed by atoms with Crippen LogP contribution in [0.5, 0.6) is 5.75 Å². The molecule has 136 valence electrons. The summed E-state index contributed by atoms with van der Waals surface area (Å²) in [6.45, 7) is 3.99. The number of ether oxygens (including phenoxy) is 1. The van der Waals surface area contributed by atoms with Gasteiger partial charge >= 0.3 is 0 Å². The van der Waals surface area contributed by atoms with Crippen LogP contribution in [0.1, 0.15) is 16.7 Å². The van der Waals surface area contributed by atoms with Gasteiger partial charge in [0.15, 0.2) is 0 Å². The Hall–Kier alpha value is -3.04. The lowest BCUT2D eigenvalue weighted by molar-refractivity contribution is -0.113. The molecule has 0 radical (unpaired) electrons. The molecule has 1 amide bonds. The SMILES string of the molecule is COc1cccc(NC(=O)CSc2nc3c(C)ccc(C)c3cc2C#N)c1. The number of methoxy groups -OCH3 is 1. The van der Waals surface area contributed by atoms with E-state index in [2.05, 4.69) is 16.4 Å². The molecular formula is C21H19N3O2S. The van der Waals surface area contributed by atoms with Crippen molar-refractivity contribution in [2.24, 2.45) is 0 Å². The molecule has 2 aromatic carbocycles. The number of pyridine rings is 1. The highest BCUT2D eigenvalue weighted by atomic mass is 32.2. The van der Waals surface area contributed by atoms with Gasteiger partial charge in [-0.05, 0) is 43.2 Å². The number of benzene rings is 2. The largest absolute Gasteiger partial charge is 0.497 e. The maximum atomic E-state index is 12.3. The van der Waals surface area contributed by atoms with E-state index in [1.807, 2.05) is 44.2 Å². The highest BCUT2D eigenvalue weighted by molar-refractivity contribution is 8.00. The number of rotatable bonds is 5. The van der Waals surface area contributed by atoms with E-state index in [-0.39, 0.29) is 11.7 Å². The van der Waals surface area contributed by atoms with Crippen molar-refractivity contribution in [2.75, 3.05) is 18.2 Å². The Balaban J connectivity index is 1.79. The van der Waals surface area contributed by atoms with Crippen LogP contribution in [0.2, 0.25) is 0 Å². The molecule has 0 aliphatic heterocycles. The first-order valence-electron chi connectivity index (χ1n) is 8.39. The Morgan fingerprint density at radius 3 is 2.74 bits per heavy atom. The quantitative estimate of drug-likeness (QED) is 0.664. The Morgan fingerprint density at radius 2 is 2.00 bits per heavy atom. The number of nitrogens with one attached hydrogen (secondary N) is 1. The number of hydrogen-bond acceptors (Lipinski definition) is 5. The molecule has 27 heavy (non-hydrogen) atoms. The van der Waals surface area contributed by atoms with Crippen LogP contribution in [0.15, 0.2) is 47.5 Å². The number of carbonyl (C=O) groups is 1. The second kappa shape index (κ2) is 8.11. The fraction of sp³-hybridized carbons (Fsp3) is 0.190. The van der Waals surface area contributed by atoms with Crippen molar-refractivity contribution in [3.05, 3.63) is 59.2 Å². The highest BCUT2D eigenvalue weighted by Crippen LogP contribution is 2.28. The molecular weight excluding hydrogens is 358 g/mol. The van der Waals surface area contributed by atoms with E-state index >= 15 is 0 Å². The number of nitriles is 1. The standard InChI is InChI=1S/C21H19N3O2S/c1-13-7-8-14(2)20-18(13)9-15(11-22)21(24-20)27-12-19(25)23-16-5-4-6-17(10-16)26-3/h4-10H,12H2,1-3H3,(H,23,25). The van der Waals surface area contributed by atoms with Crippen LogP contribution in [0.25, 0.3) is 10.9 Å². The van der Waals surface area contributed by atoms with E-state index in [4.69, 9.17) is 4.74 Å². The van der Waals surface area contributed by atoms with Crippen molar-refractivity contribution in [1.82, 2.24) is 4.98 Å². The third-order valence-corrected chi connectivity index (χ3v) is 5.17. The van der Waals surface area contributed by atoms with E-state index in [9.17, 15) is 10.1 Å². The minimum atomic E-state index is -0.167. The van der Waals surface area contributed by atoms with Crippen LogP contribution in [0, 0.1) is 25.2 Å². The van der Waals surface area contributed by atoms with Crippen molar-refractivity contribution in [2.45, 2.75) is 18.9 Å². The van der Waals surface area contributed by atoms with Gasteiger partial charge in [0, 0.05) is 17.1 Å². The van der Waals surface area contributed by atoms with Crippen LogP contribution in [-0.2, 0) is 4.79 Å². The third-order valence-electron chi connectivity index (χ3n) is 4.18. The molecule has 6 heteroatoms. The summed E-state index contributed by atoms with van der Waals surface area (Å²) in [6.07, 6.45) is 0. The minimum Gasteiger partial charge on any atom is -0.497 e. The van der Waals surface area contributed by atoms with Gasteiger partial charge in [-0.25, -0.2) is 4.98 Å². The van der Waals surface area contributed by atoms with Gasteiger partial charge in [0.05, 0.1) is 23.9 Å². The number of aryl methyl sites for hydroxylation is 2. The van der Waals surface area contributed by atoms with Crippen molar-refractivity contribution < 1.29 is 9.53 Å². The molecule has 1 N–H and O–H groups in total. The first-order valence-corrected chi connectivity index (χ1v) is 9.38. The van der Waals surface area contributed by atoms with Crippen LogP contribution in [0.4, 0.5) is 5.69 Å². The molecule has 0 spiro atoms. The summed E-state index contributed by atoms with van der Waals surface area (Å²) in [5.74, 6) is 0.671. The molecule has 3 aromatic rings. The average Bonchev–Trinajstić information content (AvgIpc) is 2.68.